The second-order valence-corrected chi connectivity index (χ2v) is 6.19. The van der Waals surface area contributed by atoms with Crippen LogP contribution in [0.25, 0.3) is 11.1 Å². The van der Waals surface area contributed by atoms with Crippen LogP contribution in [0.15, 0.2) is 52.9 Å². The summed E-state index contributed by atoms with van der Waals surface area (Å²) in [5.41, 5.74) is 2.71. The van der Waals surface area contributed by atoms with E-state index < -0.39 is 0 Å². The molecule has 3 aromatic rings. The van der Waals surface area contributed by atoms with Crippen LogP contribution in [0.1, 0.15) is 45.9 Å². The number of hydrogen-bond acceptors (Lipinski definition) is 4. The summed E-state index contributed by atoms with van der Waals surface area (Å²) in [7, 11) is 0. The van der Waals surface area contributed by atoms with Crippen LogP contribution < -0.4 is 0 Å². The maximum absolute atomic E-state index is 12.3. The van der Waals surface area contributed by atoms with Crippen molar-refractivity contribution in [2.45, 2.75) is 25.7 Å². The number of unbranched alkanes of at least 4 members (excludes halogenated alkanes) is 2. The van der Waals surface area contributed by atoms with Crippen molar-refractivity contribution in [2.24, 2.45) is 0 Å². The van der Waals surface area contributed by atoms with Crippen molar-refractivity contribution in [1.82, 2.24) is 9.88 Å². The molecule has 0 N–H and O–H groups in total. The summed E-state index contributed by atoms with van der Waals surface area (Å²) in [5, 5.41) is 0. The molecule has 0 aliphatic carbocycles. The molecule has 0 atom stereocenters. The predicted molar refractivity (Wildman–Crippen MR) is 93.4 cm³/mol. The van der Waals surface area contributed by atoms with Gasteiger partial charge in [0.05, 0.1) is 11.1 Å². The normalized spacial score (nSPS) is 13.7. The van der Waals surface area contributed by atoms with Gasteiger partial charge in [-0.25, -0.2) is 4.98 Å². The van der Waals surface area contributed by atoms with Crippen molar-refractivity contribution in [2.75, 3.05) is 6.54 Å². The Labute approximate surface area is 145 Å². The third kappa shape index (κ3) is 2.93. The molecule has 0 saturated carbocycles. The SMILES string of the molecule is O=C1c2ccccc2C(=O)N1CCCCCc1nc2ccccc2o1. The largest absolute Gasteiger partial charge is 0.441 e. The number of fused-ring (bicyclic) bond motifs is 2. The molecular weight excluding hydrogens is 316 g/mol. The predicted octanol–water partition coefficient (Wildman–Crippen LogP) is 3.84. The smallest absolute Gasteiger partial charge is 0.261 e. The van der Waals surface area contributed by atoms with Crippen LogP contribution in [-0.2, 0) is 6.42 Å². The first-order valence-electron chi connectivity index (χ1n) is 8.54. The molecule has 1 aliphatic heterocycles. The van der Waals surface area contributed by atoms with Gasteiger partial charge < -0.3 is 4.42 Å². The van der Waals surface area contributed by atoms with E-state index >= 15 is 0 Å². The van der Waals surface area contributed by atoms with Crippen molar-refractivity contribution in [3.05, 3.63) is 65.5 Å². The molecule has 5 heteroatoms. The summed E-state index contributed by atoms with van der Waals surface area (Å²) in [6, 6.07) is 14.7. The van der Waals surface area contributed by atoms with Gasteiger partial charge in [-0.3, -0.25) is 14.5 Å². The number of para-hydroxylation sites is 2. The Morgan fingerprint density at radius 3 is 2.24 bits per heavy atom. The van der Waals surface area contributed by atoms with Gasteiger partial charge in [-0.05, 0) is 37.1 Å². The van der Waals surface area contributed by atoms with E-state index in [0.29, 0.717) is 17.7 Å². The van der Waals surface area contributed by atoms with Crippen LogP contribution in [0, 0.1) is 0 Å². The number of benzene rings is 2. The summed E-state index contributed by atoms with van der Waals surface area (Å²) < 4.78 is 5.69. The van der Waals surface area contributed by atoms with Gasteiger partial charge >= 0.3 is 0 Å². The summed E-state index contributed by atoms with van der Waals surface area (Å²) in [6.07, 6.45) is 3.37. The molecule has 1 aromatic heterocycles. The van der Waals surface area contributed by atoms with E-state index in [-0.39, 0.29) is 11.8 Å². The van der Waals surface area contributed by atoms with Gasteiger partial charge in [0.1, 0.15) is 5.52 Å². The third-order valence-corrected chi connectivity index (χ3v) is 4.49. The fourth-order valence-corrected chi connectivity index (χ4v) is 3.19. The first-order valence-corrected chi connectivity index (χ1v) is 8.54. The monoisotopic (exact) mass is 334 g/mol. The molecule has 2 heterocycles. The van der Waals surface area contributed by atoms with Crippen LogP contribution in [0.3, 0.4) is 0 Å². The molecular formula is C20H18N2O3. The molecule has 0 bridgehead atoms. The molecule has 2 aromatic carbocycles. The lowest BCUT2D eigenvalue weighted by Crippen LogP contribution is -2.30. The van der Waals surface area contributed by atoms with Crippen LogP contribution in [0.2, 0.25) is 0 Å². The molecule has 0 saturated heterocycles. The number of carbonyl (C=O) groups is 2. The van der Waals surface area contributed by atoms with Gasteiger partial charge in [-0.2, -0.15) is 0 Å². The molecule has 0 radical (unpaired) electrons. The van der Waals surface area contributed by atoms with E-state index in [1.54, 1.807) is 24.3 Å². The Morgan fingerprint density at radius 1 is 0.840 bits per heavy atom. The third-order valence-electron chi connectivity index (χ3n) is 4.49. The lowest BCUT2D eigenvalue weighted by Gasteiger charge is -2.13. The molecule has 0 spiro atoms. The fourth-order valence-electron chi connectivity index (χ4n) is 3.19. The molecule has 5 nitrogen and oxygen atoms in total. The minimum atomic E-state index is -0.181. The fraction of sp³-hybridized carbons (Fsp3) is 0.250. The second kappa shape index (κ2) is 6.51. The maximum atomic E-state index is 12.3. The van der Waals surface area contributed by atoms with Crippen LogP contribution in [-0.4, -0.2) is 28.2 Å². The molecule has 2 amide bonds. The maximum Gasteiger partial charge on any atom is 0.261 e. The lowest BCUT2D eigenvalue weighted by molar-refractivity contribution is 0.0651. The van der Waals surface area contributed by atoms with Gasteiger partial charge in [-0.1, -0.05) is 30.7 Å². The van der Waals surface area contributed by atoms with Crippen LogP contribution >= 0.6 is 0 Å². The zero-order valence-electron chi connectivity index (χ0n) is 13.8. The highest BCUT2D eigenvalue weighted by Crippen LogP contribution is 2.23. The van der Waals surface area contributed by atoms with Gasteiger partial charge in [-0.15, -0.1) is 0 Å². The Hall–Kier alpha value is -2.95. The van der Waals surface area contributed by atoms with E-state index in [2.05, 4.69) is 4.98 Å². The number of hydrogen-bond donors (Lipinski definition) is 0. The van der Waals surface area contributed by atoms with Gasteiger partial charge in [0.2, 0.25) is 0 Å². The van der Waals surface area contributed by atoms with Crippen molar-refractivity contribution in [3.63, 3.8) is 0 Å². The van der Waals surface area contributed by atoms with Crippen LogP contribution in [0.4, 0.5) is 0 Å². The average Bonchev–Trinajstić information content (AvgIpc) is 3.15. The quantitative estimate of drug-likeness (QED) is 0.507. The Morgan fingerprint density at radius 2 is 1.52 bits per heavy atom. The number of carbonyl (C=O) groups excluding carboxylic acids is 2. The number of rotatable bonds is 6. The average molecular weight is 334 g/mol. The number of aromatic nitrogens is 1. The molecule has 0 fully saturated rings. The summed E-state index contributed by atoms with van der Waals surface area (Å²) in [5.74, 6) is 0.376. The number of aryl methyl sites for hydroxylation is 1. The number of amides is 2. The highest BCUT2D eigenvalue weighted by atomic mass is 16.3. The van der Waals surface area contributed by atoms with Gasteiger partial charge in [0.25, 0.3) is 11.8 Å². The van der Waals surface area contributed by atoms with Crippen molar-refractivity contribution < 1.29 is 14.0 Å². The van der Waals surface area contributed by atoms with E-state index in [9.17, 15) is 9.59 Å². The zero-order valence-corrected chi connectivity index (χ0v) is 13.8. The molecule has 0 unspecified atom stereocenters. The van der Waals surface area contributed by atoms with E-state index in [4.69, 9.17) is 4.42 Å². The first kappa shape index (κ1) is 15.6. The summed E-state index contributed by atoms with van der Waals surface area (Å²) in [4.78, 5) is 30.3. The number of nitrogens with zero attached hydrogens (tertiary/aromatic N) is 2. The van der Waals surface area contributed by atoms with Crippen molar-refractivity contribution >= 4 is 22.9 Å². The van der Waals surface area contributed by atoms with E-state index in [1.165, 1.54) is 4.90 Å². The number of imide groups is 1. The highest BCUT2D eigenvalue weighted by Gasteiger charge is 2.34. The second-order valence-electron chi connectivity index (χ2n) is 6.19. The minimum Gasteiger partial charge on any atom is -0.441 e. The first-order chi connectivity index (χ1) is 12.2. The van der Waals surface area contributed by atoms with E-state index in [0.717, 1.165) is 42.7 Å². The molecule has 126 valence electrons. The van der Waals surface area contributed by atoms with Crippen LogP contribution in [0.5, 0.6) is 0 Å². The van der Waals surface area contributed by atoms with Gasteiger partial charge in [0, 0.05) is 13.0 Å². The van der Waals surface area contributed by atoms with Crippen molar-refractivity contribution in [1.29, 1.82) is 0 Å². The molecule has 4 rings (SSSR count). The standard InChI is InChI=1S/C20H18N2O3/c23-19-14-8-3-4-9-15(14)20(24)22(19)13-7-1-2-12-18-21-16-10-5-6-11-17(16)25-18/h3-6,8-11H,1-2,7,12-13H2. The topological polar surface area (TPSA) is 63.4 Å². The summed E-state index contributed by atoms with van der Waals surface area (Å²) >= 11 is 0. The Balaban J connectivity index is 1.27. The minimum absolute atomic E-state index is 0.181. The Bertz CT molecular complexity index is 877. The highest BCUT2D eigenvalue weighted by molar-refractivity contribution is 6.21. The lowest BCUT2D eigenvalue weighted by atomic mass is 10.1. The molecule has 1 aliphatic rings. The molecule has 25 heavy (non-hydrogen) atoms. The van der Waals surface area contributed by atoms with Crippen molar-refractivity contribution in [3.8, 4) is 0 Å². The Kier molecular flexibility index (Phi) is 4.06. The number of oxazole rings is 1. The van der Waals surface area contributed by atoms with E-state index in [1.807, 2.05) is 24.3 Å². The van der Waals surface area contributed by atoms with Gasteiger partial charge in [0.15, 0.2) is 11.5 Å². The zero-order chi connectivity index (χ0) is 17.2. The summed E-state index contributed by atoms with van der Waals surface area (Å²) in [6.45, 7) is 0.458.